The molecule has 31 heavy (non-hydrogen) atoms. The predicted molar refractivity (Wildman–Crippen MR) is 114 cm³/mol. The first-order valence-electron chi connectivity index (χ1n) is 9.68. The maximum atomic E-state index is 12.5. The molecule has 0 atom stereocenters. The van der Waals surface area contributed by atoms with Crippen molar-refractivity contribution in [2.24, 2.45) is 0 Å². The second-order valence-electron chi connectivity index (χ2n) is 7.14. The average Bonchev–Trinajstić information content (AvgIpc) is 3.07. The third kappa shape index (κ3) is 3.59. The largest absolute Gasteiger partial charge is 0.543 e. The van der Waals surface area contributed by atoms with Crippen molar-refractivity contribution in [1.82, 2.24) is 9.55 Å². The fourth-order valence-corrected chi connectivity index (χ4v) is 3.84. The normalized spacial score (nSPS) is 11.0. The molecule has 4 aromatic rings. The second kappa shape index (κ2) is 7.91. The highest BCUT2D eigenvalue weighted by molar-refractivity contribution is 6.07. The van der Waals surface area contributed by atoms with Gasteiger partial charge in [-0.15, -0.1) is 0 Å². The zero-order valence-corrected chi connectivity index (χ0v) is 16.6. The molecule has 0 amide bonds. The Hall–Kier alpha value is -4.20. The van der Waals surface area contributed by atoms with Crippen LogP contribution in [0, 0.1) is 10.1 Å². The Morgan fingerprint density at radius 3 is 2.58 bits per heavy atom. The van der Waals surface area contributed by atoms with Gasteiger partial charge in [-0.1, -0.05) is 25.1 Å². The molecule has 0 fully saturated rings. The van der Waals surface area contributed by atoms with Gasteiger partial charge in [0.05, 0.1) is 16.6 Å². The van der Waals surface area contributed by atoms with Crippen molar-refractivity contribution in [1.29, 1.82) is 0 Å². The van der Waals surface area contributed by atoms with Crippen LogP contribution in [0.15, 0.2) is 65.6 Å². The fourth-order valence-electron chi connectivity index (χ4n) is 3.84. The van der Waals surface area contributed by atoms with Crippen LogP contribution in [0.4, 0.5) is 5.69 Å². The van der Waals surface area contributed by atoms with Crippen molar-refractivity contribution in [2.45, 2.75) is 19.9 Å². The maximum absolute atomic E-state index is 12.5. The van der Waals surface area contributed by atoms with Gasteiger partial charge in [0.25, 0.3) is 11.2 Å². The number of nitrogens with one attached hydrogen (secondary N) is 1. The molecule has 0 saturated carbocycles. The summed E-state index contributed by atoms with van der Waals surface area (Å²) in [4.78, 5) is 38.0. The lowest BCUT2D eigenvalue weighted by Gasteiger charge is -2.13. The Balaban J connectivity index is 2.04. The molecular formula is C23H18N3O5-. The summed E-state index contributed by atoms with van der Waals surface area (Å²) in [5, 5.41) is 24.0. The lowest BCUT2D eigenvalue weighted by atomic mass is 10.0. The first-order chi connectivity index (χ1) is 14.9. The highest BCUT2D eigenvalue weighted by atomic mass is 16.6. The van der Waals surface area contributed by atoms with E-state index in [2.05, 4.69) is 4.98 Å². The van der Waals surface area contributed by atoms with Gasteiger partial charge in [0.15, 0.2) is 0 Å². The first kappa shape index (κ1) is 20.1. The number of carboxylic acids is 1. The molecule has 156 valence electrons. The van der Waals surface area contributed by atoms with Crippen LogP contribution in [0.25, 0.3) is 22.0 Å². The Labute approximate surface area is 176 Å². The van der Waals surface area contributed by atoms with Gasteiger partial charge >= 0.3 is 0 Å². The van der Waals surface area contributed by atoms with Crippen molar-refractivity contribution >= 4 is 22.6 Å². The van der Waals surface area contributed by atoms with Crippen molar-refractivity contribution in [2.75, 3.05) is 0 Å². The number of carbonyl (C=O) groups is 1. The number of rotatable bonds is 6. The van der Waals surface area contributed by atoms with E-state index in [9.17, 15) is 24.8 Å². The van der Waals surface area contributed by atoms with Crippen LogP contribution < -0.4 is 10.7 Å². The lowest BCUT2D eigenvalue weighted by Crippen LogP contribution is -2.27. The minimum Gasteiger partial charge on any atom is -0.543 e. The summed E-state index contributed by atoms with van der Waals surface area (Å²) in [6.07, 6.45) is 2.21. The van der Waals surface area contributed by atoms with Crippen molar-refractivity contribution in [3.05, 3.63) is 98.1 Å². The van der Waals surface area contributed by atoms with Crippen LogP contribution in [-0.4, -0.2) is 20.4 Å². The smallest absolute Gasteiger partial charge is 0.269 e. The summed E-state index contributed by atoms with van der Waals surface area (Å²) in [6, 6.07) is 14.8. The number of pyridine rings is 1. The highest BCUT2D eigenvalue weighted by Crippen LogP contribution is 2.35. The van der Waals surface area contributed by atoms with E-state index < -0.39 is 16.5 Å². The molecule has 0 aliphatic rings. The number of aromatic amines is 1. The standard InChI is InChI=1S/C23H19N3O5/c1-2-14-8-9-19-18(12-14)20(17-7-4-10-24-22(17)27)21(23(28)29)25(19)13-15-5-3-6-16(11-15)26(30)31/h3-12H,2,13H2,1H3,(H,24,27)(H,28,29)/p-1. The molecule has 0 spiro atoms. The van der Waals surface area contributed by atoms with Crippen molar-refractivity contribution in [3.8, 4) is 11.1 Å². The van der Waals surface area contributed by atoms with E-state index in [1.54, 1.807) is 30.3 Å². The van der Waals surface area contributed by atoms with Crippen LogP contribution >= 0.6 is 0 Å². The number of hydrogen-bond acceptors (Lipinski definition) is 5. The third-order valence-corrected chi connectivity index (χ3v) is 5.28. The maximum Gasteiger partial charge on any atom is 0.269 e. The number of nitrogens with zero attached hydrogens (tertiary/aromatic N) is 2. The Morgan fingerprint density at radius 1 is 1.10 bits per heavy atom. The molecule has 0 aliphatic heterocycles. The Bertz CT molecular complexity index is 1380. The number of nitro groups is 1. The number of benzene rings is 2. The summed E-state index contributed by atoms with van der Waals surface area (Å²) in [5.74, 6) is -1.43. The van der Waals surface area contributed by atoms with Gasteiger partial charge < -0.3 is 19.5 Å². The topological polar surface area (TPSA) is 121 Å². The SMILES string of the molecule is CCc1ccc2c(c1)c(-c1ccc[nH]c1=O)c(C(=O)[O-])n2Cc1cccc([N+](=O)[O-])c1. The summed E-state index contributed by atoms with van der Waals surface area (Å²) >= 11 is 0. The van der Waals surface area contributed by atoms with Crippen molar-refractivity contribution in [3.63, 3.8) is 0 Å². The number of carboxylic acid groups (broad SMARTS) is 1. The quantitative estimate of drug-likeness (QED) is 0.383. The molecule has 2 heterocycles. The van der Waals surface area contributed by atoms with Crippen LogP contribution in [0.1, 0.15) is 28.5 Å². The van der Waals surface area contributed by atoms with Crippen LogP contribution in [-0.2, 0) is 13.0 Å². The number of hydrogen-bond donors (Lipinski definition) is 1. The zero-order valence-electron chi connectivity index (χ0n) is 16.6. The summed E-state index contributed by atoms with van der Waals surface area (Å²) in [7, 11) is 0. The second-order valence-corrected chi connectivity index (χ2v) is 7.14. The minimum absolute atomic E-state index is 0.0672. The van der Waals surface area contributed by atoms with Gasteiger partial charge in [-0.25, -0.2) is 0 Å². The molecule has 4 rings (SSSR count). The van der Waals surface area contributed by atoms with E-state index in [-0.39, 0.29) is 29.1 Å². The molecule has 1 N–H and O–H groups in total. The number of non-ortho nitro benzene ring substituents is 1. The van der Waals surface area contributed by atoms with Crippen LogP contribution in [0.2, 0.25) is 0 Å². The number of H-pyrrole nitrogens is 1. The number of aromatic carboxylic acids is 1. The van der Waals surface area contributed by atoms with Gasteiger partial charge in [-0.3, -0.25) is 14.9 Å². The molecular weight excluding hydrogens is 398 g/mol. The van der Waals surface area contributed by atoms with Crippen LogP contribution in [0.5, 0.6) is 0 Å². The summed E-state index contributed by atoms with van der Waals surface area (Å²) < 4.78 is 1.53. The molecule has 8 heteroatoms. The predicted octanol–water partition coefficient (Wildman–Crippen LogP) is 2.88. The molecule has 2 aromatic heterocycles. The molecule has 0 bridgehead atoms. The van der Waals surface area contributed by atoms with Crippen molar-refractivity contribution < 1.29 is 14.8 Å². The first-order valence-corrected chi connectivity index (χ1v) is 9.68. The van der Waals surface area contributed by atoms with Gasteiger partial charge in [0.2, 0.25) is 0 Å². The average molecular weight is 416 g/mol. The van der Waals surface area contributed by atoms with E-state index in [0.29, 0.717) is 16.5 Å². The van der Waals surface area contributed by atoms with E-state index >= 15 is 0 Å². The Morgan fingerprint density at radius 2 is 1.90 bits per heavy atom. The van der Waals surface area contributed by atoms with E-state index in [4.69, 9.17) is 0 Å². The van der Waals surface area contributed by atoms with Gasteiger partial charge in [0.1, 0.15) is 0 Å². The van der Waals surface area contributed by atoms with Gasteiger partial charge in [-0.05, 0) is 41.8 Å². The van der Waals surface area contributed by atoms with E-state index in [1.807, 2.05) is 19.1 Å². The molecule has 0 unspecified atom stereocenters. The highest BCUT2D eigenvalue weighted by Gasteiger charge is 2.22. The lowest BCUT2D eigenvalue weighted by molar-refractivity contribution is -0.384. The monoisotopic (exact) mass is 416 g/mol. The molecule has 2 aromatic carbocycles. The number of fused-ring (bicyclic) bond motifs is 1. The number of aryl methyl sites for hydroxylation is 1. The summed E-state index contributed by atoms with van der Waals surface area (Å²) in [6.45, 7) is 2.05. The van der Waals surface area contributed by atoms with Gasteiger partial charge in [0, 0.05) is 46.9 Å². The minimum atomic E-state index is -1.43. The fraction of sp³-hybridized carbons (Fsp3) is 0.130. The molecule has 0 radical (unpaired) electrons. The summed E-state index contributed by atoms with van der Waals surface area (Å²) in [5.41, 5.74) is 1.99. The van der Waals surface area contributed by atoms with Gasteiger partial charge in [-0.2, -0.15) is 0 Å². The van der Waals surface area contributed by atoms with Crippen LogP contribution in [0.3, 0.4) is 0 Å². The number of nitro benzene ring substituents is 1. The number of aromatic nitrogens is 2. The Kier molecular flexibility index (Phi) is 5.12. The molecule has 0 saturated heterocycles. The van der Waals surface area contributed by atoms with E-state index in [1.165, 1.54) is 22.9 Å². The molecule has 0 aliphatic carbocycles. The zero-order chi connectivity index (χ0) is 22.1. The van der Waals surface area contributed by atoms with E-state index in [0.717, 1.165) is 12.0 Å². The number of carbonyl (C=O) groups excluding carboxylic acids is 1. The third-order valence-electron chi connectivity index (χ3n) is 5.28. The molecule has 8 nitrogen and oxygen atoms in total.